The van der Waals surface area contributed by atoms with Gasteiger partial charge >= 0.3 is 0 Å². The van der Waals surface area contributed by atoms with Crippen LogP contribution in [0, 0.1) is 19.7 Å². The van der Waals surface area contributed by atoms with Crippen LogP contribution < -0.4 is 10.0 Å². The fourth-order valence-electron chi connectivity index (χ4n) is 2.76. The zero-order chi connectivity index (χ0) is 23.3. The largest absolute Gasteiger partial charge is 0.311 e. The number of halogens is 1. The van der Waals surface area contributed by atoms with Crippen LogP contribution in [0.4, 0.5) is 10.1 Å². The van der Waals surface area contributed by atoms with Crippen molar-refractivity contribution in [3.05, 3.63) is 70.6 Å². The van der Waals surface area contributed by atoms with Gasteiger partial charge in [0.2, 0.25) is 5.91 Å². The van der Waals surface area contributed by atoms with Crippen molar-refractivity contribution >= 4 is 33.9 Å². The first-order chi connectivity index (χ1) is 14.4. The molecule has 1 amide bonds. The number of rotatable bonds is 7. The van der Waals surface area contributed by atoms with Crippen LogP contribution in [0.5, 0.6) is 0 Å². The molecule has 0 saturated carbocycles. The van der Waals surface area contributed by atoms with Crippen LogP contribution in [0.3, 0.4) is 0 Å². The molecule has 0 bridgehead atoms. The molecule has 1 aromatic carbocycles. The van der Waals surface area contributed by atoms with E-state index in [9.17, 15) is 17.6 Å². The zero-order valence-electron chi connectivity index (χ0n) is 18.1. The third kappa shape index (κ3) is 6.08. The van der Waals surface area contributed by atoms with Crippen molar-refractivity contribution in [1.29, 1.82) is 0 Å². The highest BCUT2D eigenvalue weighted by molar-refractivity contribution is 7.92. The van der Waals surface area contributed by atoms with Crippen molar-refractivity contribution in [2.45, 2.75) is 39.5 Å². The van der Waals surface area contributed by atoms with Crippen molar-refractivity contribution in [3.8, 4) is 0 Å². The molecule has 0 radical (unpaired) electrons. The molecule has 2 N–H and O–H groups in total. The Balaban J connectivity index is 2.51. The van der Waals surface area contributed by atoms with Gasteiger partial charge in [0.25, 0.3) is 10.0 Å². The normalized spacial score (nSPS) is 11.6. The standard InChI is InChI=1S/C22H25FN4O3S/c1-13(2)18(11-22(24-6)26-16(5)28)17-10-20(15(4)25-12-17)27-31(29,30)21-8-7-14(3)9-19(21)23/h7-12,27H,6H2,1-5H3,(H,26,28)/b22-11+. The highest BCUT2D eigenvalue weighted by Gasteiger charge is 2.21. The van der Waals surface area contributed by atoms with Gasteiger partial charge in [-0.25, -0.2) is 17.8 Å². The van der Waals surface area contributed by atoms with Crippen molar-refractivity contribution < 1.29 is 17.6 Å². The Bertz CT molecular complexity index is 1200. The predicted octanol–water partition coefficient (Wildman–Crippen LogP) is 4.11. The molecule has 0 aliphatic carbocycles. The van der Waals surface area contributed by atoms with Crippen LogP contribution in [0.2, 0.25) is 0 Å². The monoisotopic (exact) mass is 444 g/mol. The Morgan fingerprint density at radius 2 is 1.87 bits per heavy atom. The molecule has 0 saturated heterocycles. The Morgan fingerprint density at radius 1 is 1.19 bits per heavy atom. The molecule has 0 unspecified atom stereocenters. The number of allylic oxidation sites excluding steroid dienone is 3. The van der Waals surface area contributed by atoms with Gasteiger partial charge in [-0.2, -0.15) is 0 Å². The number of sulfonamides is 1. The van der Waals surface area contributed by atoms with E-state index in [0.29, 0.717) is 22.4 Å². The molecule has 0 aliphatic heterocycles. The van der Waals surface area contributed by atoms with Crippen LogP contribution in [-0.2, 0) is 14.8 Å². The van der Waals surface area contributed by atoms with E-state index in [1.807, 2.05) is 13.8 Å². The second-order valence-corrected chi connectivity index (χ2v) is 8.83. The van der Waals surface area contributed by atoms with Gasteiger partial charge in [-0.05, 0) is 69.8 Å². The summed E-state index contributed by atoms with van der Waals surface area (Å²) in [6.07, 6.45) is 3.20. The summed E-state index contributed by atoms with van der Waals surface area (Å²) in [5, 5.41) is 2.57. The van der Waals surface area contributed by atoms with Gasteiger partial charge < -0.3 is 5.32 Å². The second kappa shape index (κ2) is 9.65. The van der Waals surface area contributed by atoms with E-state index in [2.05, 4.69) is 26.7 Å². The van der Waals surface area contributed by atoms with Crippen LogP contribution >= 0.6 is 0 Å². The van der Waals surface area contributed by atoms with Crippen molar-refractivity contribution in [2.75, 3.05) is 4.72 Å². The van der Waals surface area contributed by atoms with E-state index in [1.54, 1.807) is 32.2 Å². The maximum Gasteiger partial charge on any atom is 0.264 e. The summed E-state index contributed by atoms with van der Waals surface area (Å²) in [4.78, 5) is 19.0. The van der Waals surface area contributed by atoms with E-state index in [0.717, 1.165) is 11.6 Å². The smallest absolute Gasteiger partial charge is 0.264 e. The predicted molar refractivity (Wildman–Crippen MR) is 121 cm³/mol. The first-order valence-corrected chi connectivity index (χ1v) is 10.8. The molecule has 1 aromatic heterocycles. The van der Waals surface area contributed by atoms with Crippen LogP contribution in [-0.4, -0.2) is 26.0 Å². The number of aromatic nitrogens is 1. The molecular weight excluding hydrogens is 419 g/mol. The van der Waals surface area contributed by atoms with Gasteiger partial charge in [-0.1, -0.05) is 11.6 Å². The number of amides is 1. The topological polar surface area (TPSA) is 101 Å². The average molecular weight is 445 g/mol. The number of aliphatic imine (C=N–C) groups is 1. The third-order valence-electron chi connectivity index (χ3n) is 4.31. The lowest BCUT2D eigenvalue weighted by atomic mass is 10.0. The molecule has 0 aliphatic rings. The quantitative estimate of drug-likeness (QED) is 0.496. The first-order valence-electron chi connectivity index (χ1n) is 9.34. The molecule has 2 aromatic rings. The van der Waals surface area contributed by atoms with Crippen LogP contribution in [0.15, 0.2) is 57.8 Å². The van der Waals surface area contributed by atoms with Gasteiger partial charge in [-0.3, -0.25) is 14.5 Å². The van der Waals surface area contributed by atoms with Crippen molar-refractivity contribution in [1.82, 2.24) is 10.3 Å². The number of aryl methyl sites for hydroxylation is 2. The minimum absolute atomic E-state index is 0.206. The van der Waals surface area contributed by atoms with Gasteiger partial charge in [0.05, 0.1) is 11.4 Å². The number of carbonyl (C=O) groups excluding carboxylic acids is 1. The molecule has 1 heterocycles. The van der Waals surface area contributed by atoms with E-state index in [4.69, 9.17) is 0 Å². The highest BCUT2D eigenvalue weighted by Crippen LogP contribution is 2.27. The molecule has 2 rings (SSSR count). The van der Waals surface area contributed by atoms with Crippen molar-refractivity contribution in [2.24, 2.45) is 4.99 Å². The van der Waals surface area contributed by atoms with Gasteiger partial charge in [0, 0.05) is 18.7 Å². The highest BCUT2D eigenvalue weighted by atomic mass is 32.2. The van der Waals surface area contributed by atoms with E-state index in [-0.39, 0.29) is 17.4 Å². The van der Waals surface area contributed by atoms with Crippen LogP contribution in [0.1, 0.15) is 37.6 Å². The molecule has 0 atom stereocenters. The number of pyridine rings is 1. The molecule has 164 valence electrons. The van der Waals surface area contributed by atoms with E-state index < -0.39 is 20.7 Å². The van der Waals surface area contributed by atoms with Crippen molar-refractivity contribution in [3.63, 3.8) is 0 Å². The summed E-state index contributed by atoms with van der Waals surface area (Å²) >= 11 is 0. The zero-order valence-corrected chi connectivity index (χ0v) is 18.9. The molecule has 7 nitrogen and oxygen atoms in total. The van der Waals surface area contributed by atoms with Gasteiger partial charge in [0.1, 0.15) is 16.5 Å². The molecule has 31 heavy (non-hydrogen) atoms. The lowest BCUT2D eigenvalue weighted by Crippen LogP contribution is -2.18. The Morgan fingerprint density at radius 3 is 2.42 bits per heavy atom. The number of hydrogen-bond donors (Lipinski definition) is 2. The third-order valence-corrected chi connectivity index (χ3v) is 5.71. The lowest BCUT2D eigenvalue weighted by molar-refractivity contribution is -0.118. The Hall–Kier alpha value is -3.33. The molecule has 9 heteroatoms. The maximum absolute atomic E-state index is 14.2. The van der Waals surface area contributed by atoms with Gasteiger partial charge in [0.15, 0.2) is 0 Å². The Labute approximate surface area is 181 Å². The molecular formula is C22H25FN4O3S. The maximum atomic E-state index is 14.2. The second-order valence-electron chi connectivity index (χ2n) is 7.18. The Kier molecular flexibility index (Phi) is 7.46. The number of hydrogen-bond acceptors (Lipinski definition) is 5. The van der Waals surface area contributed by atoms with Gasteiger partial charge in [-0.15, -0.1) is 0 Å². The minimum atomic E-state index is -4.17. The van der Waals surface area contributed by atoms with E-state index >= 15 is 0 Å². The van der Waals surface area contributed by atoms with Crippen LogP contribution in [0.25, 0.3) is 5.57 Å². The SMILES string of the molecule is C=N/C(=C\C(=C(C)C)c1cnc(C)c(NS(=O)(=O)c2ccc(C)cc2F)c1)NC(C)=O. The molecule has 0 spiro atoms. The summed E-state index contributed by atoms with van der Waals surface area (Å²) in [6.45, 7) is 11.8. The number of benzene rings is 1. The first kappa shape index (κ1) is 23.9. The minimum Gasteiger partial charge on any atom is -0.311 e. The fraction of sp³-hybridized carbons (Fsp3) is 0.227. The summed E-state index contributed by atoms with van der Waals surface area (Å²) in [7, 11) is -4.17. The average Bonchev–Trinajstić information content (AvgIpc) is 2.65. The molecule has 0 fully saturated rings. The van der Waals surface area contributed by atoms with E-state index in [1.165, 1.54) is 19.1 Å². The number of anilines is 1. The lowest BCUT2D eigenvalue weighted by Gasteiger charge is -2.14. The summed E-state index contributed by atoms with van der Waals surface area (Å²) < 4.78 is 42.2. The number of carbonyl (C=O) groups is 1. The fourth-order valence-corrected chi connectivity index (χ4v) is 3.93. The summed E-state index contributed by atoms with van der Waals surface area (Å²) in [6, 6.07) is 5.50. The summed E-state index contributed by atoms with van der Waals surface area (Å²) in [5.41, 5.74) is 3.36. The number of nitrogens with one attached hydrogen (secondary N) is 2. The summed E-state index contributed by atoms with van der Waals surface area (Å²) in [5.74, 6) is -0.894. The number of nitrogens with zero attached hydrogens (tertiary/aromatic N) is 2.